The van der Waals surface area contributed by atoms with Crippen molar-refractivity contribution in [2.24, 2.45) is 0 Å². The molecule has 0 aliphatic carbocycles. The van der Waals surface area contributed by atoms with Crippen LogP contribution in [0.4, 0.5) is 0 Å². The van der Waals surface area contributed by atoms with Crippen LogP contribution in [0.1, 0.15) is 34.0 Å². The second-order valence-electron chi connectivity index (χ2n) is 5.53. The van der Waals surface area contributed by atoms with Crippen molar-refractivity contribution in [1.29, 1.82) is 0 Å². The molecule has 2 rings (SSSR count). The van der Waals surface area contributed by atoms with Crippen molar-refractivity contribution in [3.05, 3.63) is 64.7 Å². The molecular weight excluding hydrogens is 322 g/mol. The van der Waals surface area contributed by atoms with Crippen molar-refractivity contribution in [2.75, 3.05) is 6.54 Å². The molecule has 124 valence electrons. The fourth-order valence-corrected chi connectivity index (χ4v) is 3.39. The SMILES string of the molecule is CC(=O)c1ccc(C#CCNS(=O)(=O)c2ccc(C)cc2C)cc1. The number of ketones is 1. The number of hydrogen-bond acceptors (Lipinski definition) is 3. The largest absolute Gasteiger partial charge is 0.295 e. The van der Waals surface area contributed by atoms with E-state index in [1.165, 1.54) is 6.92 Å². The van der Waals surface area contributed by atoms with Crippen molar-refractivity contribution in [3.8, 4) is 11.8 Å². The third kappa shape index (κ3) is 4.54. The minimum atomic E-state index is -3.58. The van der Waals surface area contributed by atoms with E-state index in [-0.39, 0.29) is 17.2 Å². The molecule has 24 heavy (non-hydrogen) atoms. The molecule has 0 heterocycles. The normalized spacial score (nSPS) is 10.8. The third-order valence-corrected chi connectivity index (χ3v) is 5.06. The Morgan fingerprint density at radius 1 is 1.08 bits per heavy atom. The fourth-order valence-electron chi connectivity index (χ4n) is 2.24. The fraction of sp³-hybridized carbons (Fsp3) is 0.211. The first-order chi connectivity index (χ1) is 11.3. The van der Waals surface area contributed by atoms with Crippen LogP contribution in [-0.2, 0) is 10.0 Å². The maximum Gasteiger partial charge on any atom is 0.241 e. The van der Waals surface area contributed by atoms with Gasteiger partial charge in [-0.2, -0.15) is 4.72 Å². The molecule has 0 unspecified atom stereocenters. The molecule has 0 aliphatic heterocycles. The molecule has 2 aromatic carbocycles. The van der Waals surface area contributed by atoms with Gasteiger partial charge in [0.25, 0.3) is 0 Å². The summed E-state index contributed by atoms with van der Waals surface area (Å²) in [4.78, 5) is 11.5. The van der Waals surface area contributed by atoms with Gasteiger partial charge < -0.3 is 0 Å². The lowest BCUT2D eigenvalue weighted by atomic mass is 10.1. The van der Waals surface area contributed by atoms with Crippen LogP contribution in [-0.4, -0.2) is 20.7 Å². The summed E-state index contributed by atoms with van der Waals surface area (Å²) >= 11 is 0. The third-order valence-electron chi connectivity index (χ3n) is 3.49. The van der Waals surface area contributed by atoms with Crippen LogP contribution >= 0.6 is 0 Å². The molecule has 0 atom stereocenters. The Morgan fingerprint density at radius 2 is 1.75 bits per heavy atom. The van der Waals surface area contributed by atoms with E-state index in [9.17, 15) is 13.2 Å². The monoisotopic (exact) mass is 341 g/mol. The van der Waals surface area contributed by atoms with Crippen LogP contribution in [0, 0.1) is 25.7 Å². The van der Waals surface area contributed by atoms with Gasteiger partial charge >= 0.3 is 0 Å². The molecule has 0 aromatic heterocycles. The van der Waals surface area contributed by atoms with Crippen molar-refractivity contribution in [1.82, 2.24) is 4.72 Å². The predicted molar refractivity (Wildman–Crippen MR) is 94.4 cm³/mol. The van der Waals surface area contributed by atoms with E-state index in [1.807, 2.05) is 13.0 Å². The number of carbonyl (C=O) groups is 1. The molecule has 0 aliphatic rings. The minimum absolute atomic E-state index is 0.00395. The first-order valence-electron chi connectivity index (χ1n) is 7.46. The number of Topliss-reactive ketones (excluding diaryl/α,β-unsaturated/α-hetero) is 1. The van der Waals surface area contributed by atoms with Crippen LogP contribution < -0.4 is 4.72 Å². The van der Waals surface area contributed by atoms with Crippen LogP contribution in [0.2, 0.25) is 0 Å². The van der Waals surface area contributed by atoms with E-state index in [4.69, 9.17) is 0 Å². The summed E-state index contributed by atoms with van der Waals surface area (Å²) in [5.41, 5.74) is 3.07. The van der Waals surface area contributed by atoms with Gasteiger partial charge in [0.1, 0.15) is 0 Å². The number of aryl methyl sites for hydroxylation is 2. The predicted octanol–water partition coefficient (Wildman–Crippen LogP) is 2.84. The van der Waals surface area contributed by atoms with Crippen LogP contribution in [0.3, 0.4) is 0 Å². The van der Waals surface area contributed by atoms with Gasteiger partial charge in [-0.05, 0) is 44.5 Å². The highest BCUT2D eigenvalue weighted by molar-refractivity contribution is 7.89. The average molecular weight is 341 g/mol. The Morgan fingerprint density at radius 3 is 2.33 bits per heavy atom. The zero-order valence-corrected chi connectivity index (χ0v) is 14.7. The molecule has 0 radical (unpaired) electrons. The molecule has 4 nitrogen and oxygen atoms in total. The van der Waals surface area contributed by atoms with Crippen LogP contribution in [0.5, 0.6) is 0 Å². The Hall–Kier alpha value is -2.42. The van der Waals surface area contributed by atoms with E-state index in [0.29, 0.717) is 11.1 Å². The van der Waals surface area contributed by atoms with Gasteiger partial charge in [-0.1, -0.05) is 41.7 Å². The molecule has 5 heteroatoms. The topological polar surface area (TPSA) is 63.2 Å². The van der Waals surface area contributed by atoms with Crippen LogP contribution in [0.15, 0.2) is 47.4 Å². The summed E-state index contributed by atoms with van der Waals surface area (Å²) in [6, 6.07) is 12.1. The smallest absolute Gasteiger partial charge is 0.241 e. The number of sulfonamides is 1. The molecule has 0 saturated heterocycles. The number of carbonyl (C=O) groups excluding carboxylic acids is 1. The Bertz CT molecular complexity index is 917. The Balaban J connectivity index is 2.04. The maximum atomic E-state index is 12.3. The van der Waals surface area contributed by atoms with E-state index in [1.54, 1.807) is 43.3 Å². The molecule has 0 fully saturated rings. The Labute approximate surface area is 143 Å². The van der Waals surface area contributed by atoms with Crippen molar-refractivity contribution >= 4 is 15.8 Å². The van der Waals surface area contributed by atoms with Gasteiger partial charge in [-0.15, -0.1) is 0 Å². The average Bonchev–Trinajstić information content (AvgIpc) is 2.51. The molecule has 0 spiro atoms. The second kappa shape index (κ2) is 7.43. The van der Waals surface area contributed by atoms with E-state index in [2.05, 4.69) is 16.6 Å². The first kappa shape index (κ1) is 17.9. The molecule has 2 aromatic rings. The van der Waals surface area contributed by atoms with Gasteiger partial charge in [-0.25, -0.2) is 8.42 Å². The lowest BCUT2D eigenvalue weighted by molar-refractivity contribution is 0.101. The lowest BCUT2D eigenvalue weighted by Crippen LogP contribution is -2.24. The summed E-state index contributed by atoms with van der Waals surface area (Å²) in [6.45, 7) is 5.20. The number of nitrogens with one attached hydrogen (secondary N) is 1. The highest BCUT2D eigenvalue weighted by atomic mass is 32.2. The van der Waals surface area contributed by atoms with E-state index < -0.39 is 10.0 Å². The second-order valence-corrected chi connectivity index (χ2v) is 7.26. The molecule has 1 N–H and O–H groups in total. The zero-order valence-electron chi connectivity index (χ0n) is 13.9. The van der Waals surface area contributed by atoms with Crippen molar-refractivity contribution in [2.45, 2.75) is 25.7 Å². The summed E-state index contributed by atoms with van der Waals surface area (Å²) in [6.07, 6.45) is 0. The summed E-state index contributed by atoms with van der Waals surface area (Å²) in [7, 11) is -3.58. The summed E-state index contributed by atoms with van der Waals surface area (Å²) in [5.74, 6) is 5.65. The standard InChI is InChI=1S/C19H19NO3S/c1-14-6-11-19(15(2)13-14)24(22,23)20-12-4-5-17-7-9-18(10-8-17)16(3)21/h6-11,13,20H,12H2,1-3H3. The maximum absolute atomic E-state index is 12.3. The van der Waals surface area contributed by atoms with Crippen molar-refractivity contribution in [3.63, 3.8) is 0 Å². The van der Waals surface area contributed by atoms with Gasteiger partial charge in [0.15, 0.2) is 5.78 Å². The minimum Gasteiger partial charge on any atom is -0.295 e. The van der Waals surface area contributed by atoms with Crippen LogP contribution in [0.25, 0.3) is 0 Å². The first-order valence-corrected chi connectivity index (χ1v) is 8.95. The van der Waals surface area contributed by atoms with E-state index in [0.717, 1.165) is 11.1 Å². The summed E-state index contributed by atoms with van der Waals surface area (Å²) < 4.78 is 27.0. The molecule has 0 amide bonds. The van der Waals surface area contributed by atoms with Gasteiger partial charge in [0.05, 0.1) is 11.4 Å². The molecular formula is C19H19NO3S. The molecule has 0 saturated carbocycles. The van der Waals surface area contributed by atoms with Gasteiger partial charge in [-0.3, -0.25) is 4.79 Å². The number of rotatable bonds is 4. The van der Waals surface area contributed by atoms with E-state index >= 15 is 0 Å². The molecule has 0 bridgehead atoms. The number of hydrogen-bond donors (Lipinski definition) is 1. The number of benzene rings is 2. The quantitative estimate of drug-likeness (QED) is 0.687. The van der Waals surface area contributed by atoms with Gasteiger partial charge in [0.2, 0.25) is 10.0 Å². The summed E-state index contributed by atoms with van der Waals surface area (Å²) in [5, 5.41) is 0. The highest BCUT2D eigenvalue weighted by Gasteiger charge is 2.15. The van der Waals surface area contributed by atoms with Gasteiger partial charge in [0, 0.05) is 11.1 Å². The Kier molecular flexibility index (Phi) is 5.55. The highest BCUT2D eigenvalue weighted by Crippen LogP contribution is 2.15. The lowest BCUT2D eigenvalue weighted by Gasteiger charge is -2.07. The van der Waals surface area contributed by atoms with Crippen molar-refractivity contribution < 1.29 is 13.2 Å². The zero-order chi connectivity index (χ0) is 17.7.